The summed E-state index contributed by atoms with van der Waals surface area (Å²) in [7, 11) is 3.90. The van der Waals surface area contributed by atoms with Crippen molar-refractivity contribution in [1.82, 2.24) is 9.47 Å². The molecule has 0 amide bonds. The highest BCUT2D eigenvalue weighted by atomic mass is 16.5. The number of aryl methyl sites for hydroxylation is 1. The molecule has 0 bridgehead atoms. The van der Waals surface area contributed by atoms with Crippen LogP contribution in [0.1, 0.15) is 30.0 Å². The number of methoxy groups -OCH3 is 1. The van der Waals surface area contributed by atoms with Gasteiger partial charge in [-0.15, -0.1) is 0 Å². The Labute approximate surface area is 132 Å². The normalized spacial score (nSPS) is 16.4. The molecule has 1 aliphatic rings. The minimum atomic E-state index is 0.247. The molecule has 2 heterocycles. The van der Waals surface area contributed by atoms with Crippen LogP contribution in [-0.2, 0) is 31.3 Å². The van der Waals surface area contributed by atoms with Crippen LogP contribution in [0.3, 0.4) is 0 Å². The number of nitrogens with two attached hydrogens (primary N) is 1. The molecule has 0 saturated heterocycles. The monoisotopic (exact) mass is 301 g/mol. The molecule has 1 aromatic carbocycles. The van der Waals surface area contributed by atoms with Gasteiger partial charge in [-0.2, -0.15) is 0 Å². The van der Waals surface area contributed by atoms with E-state index in [4.69, 9.17) is 10.5 Å². The third-order valence-corrected chi connectivity index (χ3v) is 4.80. The maximum Gasteiger partial charge on any atom is 0.0589 e. The Morgan fingerprint density at radius 1 is 1.27 bits per heavy atom. The Bertz CT molecular complexity index is 662. The summed E-state index contributed by atoms with van der Waals surface area (Å²) in [4.78, 5) is 2.45. The fourth-order valence-corrected chi connectivity index (χ4v) is 3.40. The zero-order chi connectivity index (χ0) is 15.7. The number of hydrogen-bond donors (Lipinski definition) is 1. The zero-order valence-corrected chi connectivity index (χ0v) is 13.9. The van der Waals surface area contributed by atoms with Gasteiger partial charge in [-0.1, -0.05) is 6.92 Å². The molecule has 0 fully saturated rings. The van der Waals surface area contributed by atoms with Gasteiger partial charge in [-0.3, -0.25) is 4.90 Å². The highest BCUT2D eigenvalue weighted by Crippen LogP contribution is 2.30. The maximum absolute atomic E-state index is 6.16. The van der Waals surface area contributed by atoms with E-state index in [1.807, 2.05) is 0 Å². The summed E-state index contributed by atoms with van der Waals surface area (Å²) >= 11 is 0. The van der Waals surface area contributed by atoms with Crippen LogP contribution < -0.4 is 5.73 Å². The van der Waals surface area contributed by atoms with Gasteiger partial charge in [0.1, 0.15) is 0 Å². The molecule has 1 aromatic heterocycles. The molecular formula is C18H27N3O. The van der Waals surface area contributed by atoms with Gasteiger partial charge in [-0.05, 0) is 41.7 Å². The van der Waals surface area contributed by atoms with E-state index >= 15 is 0 Å². The fraction of sp³-hybridized carbons (Fsp3) is 0.556. The van der Waals surface area contributed by atoms with Crippen LogP contribution in [0.15, 0.2) is 18.3 Å². The Kier molecular flexibility index (Phi) is 4.52. The fourth-order valence-electron chi connectivity index (χ4n) is 3.40. The SMILES string of the molecule is CCC(N)Cc1cn(C)c2cc3c(cc12)CN(CCOC)C3. The number of hydrogen-bond acceptors (Lipinski definition) is 3. The molecule has 4 nitrogen and oxygen atoms in total. The molecule has 2 aromatic rings. The van der Waals surface area contributed by atoms with Gasteiger partial charge < -0.3 is 15.0 Å². The number of benzene rings is 1. The number of aromatic nitrogens is 1. The van der Waals surface area contributed by atoms with Crippen molar-refractivity contribution >= 4 is 10.9 Å². The minimum Gasteiger partial charge on any atom is -0.383 e. The van der Waals surface area contributed by atoms with E-state index in [2.05, 4.69) is 41.8 Å². The van der Waals surface area contributed by atoms with Gasteiger partial charge in [0.05, 0.1) is 6.61 Å². The van der Waals surface area contributed by atoms with Crippen molar-refractivity contribution in [3.63, 3.8) is 0 Å². The second kappa shape index (κ2) is 6.41. The number of nitrogens with zero attached hydrogens (tertiary/aromatic N) is 2. The van der Waals surface area contributed by atoms with Crippen molar-refractivity contribution in [1.29, 1.82) is 0 Å². The van der Waals surface area contributed by atoms with Crippen LogP contribution in [0.25, 0.3) is 10.9 Å². The summed E-state index contributed by atoms with van der Waals surface area (Å²) in [6, 6.07) is 4.99. The van der Waals surface area contributed by atoms with Crippen molar-refractivity contribution in [3.8, 4) is 0 Å². The van der Waals surface area contributed by atoms with Crippen molar-refractivity contribution in [2.24, 2.45) is 12.8 Å². The average Bonchev–Trinajstić information content (AvgIpc) is 3.04. The highest BCUT2D eigenvalue weighted by molar-refractivity contribution is 5.86. The van der Waals surface area contributed by atoms with Crippen LogP contribution >= 0.6 is 0 Å². The van der Waals surface area contributed by atoms with Gasteiger partial charge >= 0.3 is 0 Å². The predicted octanol–water partition coefficient (Wildman–Crippen LogP) is 2.42. The van der Waals surface area contributed by atoms with E-state index in [0.717, 1.165) is 39.1 Å². The molecule has 2 N–H and O–H groups in total. The van der Waals surface area contributed by atoms with Crippen molar-refractivity contribution in [3.05, 3.63) is 35.0 Å². The largest absolute Gasteiger partial charge is 0.383 e. The molecule has 0 saturated carbocycles. The van der Waals surface area contributed by atoms with Crippen LogP contribution in [0.2, 0.25) is 0 Å². The predicted molar refractivity (Wildman–Crippen MR) is 90.9 cm³/mol. The molecule has 1 unspecified atom stereocenters. The lowest BCUT2D eigenvalue weighted by molar-refractivity contribution is 0.147. The first kappa shape index (κ1) is 15.5. The van der Waals surface area contributed by atoms with Gasteiger partial charge in [-0.25, -0.2) is 0 Å². The standard InChI is InChI=1S/C18H27N3O/c1-4-16(19)7-15-10-20(2)18-9-14-12-21(5-6-22-3)11-13(14)8-17(15)18/h8-10,16H,4-7,11-12,19H2,1-3H3. The van der Waals surface area contributed by atoms with Gasteiger partial charge in [0.15, 0.2) is 0 Å². The van der Waals surface area contributed by atoms with E-state index in [9.17, 15) is 0 Å². The molecule has 120 valence electrons. The average molecular weight is 301 g/mol. The van der Waals surface area contributed by atoms with Crippen LogP contribution in [0.4, 0.5) is 0 Å². The zero-order valence-electron chi connectivity index (χ0n) is 13.9. The van der Waals surface area contributed by atoms with Crippen LogP contribution in [-0.4, -0.2) is 35.8 Å². The van der Waals surface area contributed by atoms with E-state index in [1.54, 1.807) is 7.11 Å². The van der Waals surface area contributed by atoms with Crippen LogP contribution in [0, 0.1) is 0 Å². The molecule has 0 aliphatic carbocycles. The van der Waals surface area contributed by atoms with E-state index < -0.39 is 0 Å². The minimum absolute atomic E-state index is 0.247. The highest BCUT2D eigenvalue weighted by Gasteiger charge is 2.21. The van der Waals surface area contributed by atoms with Crippen LogP contribution in [0.5, 0.6) is 0 Å². The molecule has 1 aliphatic heterocycles. The van der Waals surface area contributed by atoms with Crippen molar-refractivity contribution in [2.75, 3.05) is 20.3 Å². The van der Waals surface area contributed by atoms with Gasteiger partial charge in [0.2, 0.25) is 0 Å². The third-order valence-electron chi connectivity index (χ3n) is 4.80. The molecule has 1 atom stereocenters. The molecule has 0 radical (unpaired) electrons. The van der Waals surface area contributed by atoms with E-state index in [-0.39, 0.29) is 6.04 Å². The number of ether oxygens (including phenoxy) is 1. The van der Waals surface area contributed by atoms with E-state index in [0.29, 0.717) is 0 Å². The molecule has 0 spiro atoms. The number of rotatable bonds is 6. The first-order chi connectivity index (χ1) is 10.6. The molecule has 4 heteroatoms. The Morgan fingerprint density at radius 3 is 2.68 bits per heavy atom. The first-order valence-corrected chi connectivity index (χ1v) is 8.19. The Balaban J connectivity index is 1.90. The lowest BCUT2D eigenvalue weighted by Gasteiger charge is -2.13. The first-order valence-electron chi connectivity index (χ1n) is 8.19. The van der Waals surface area contributed by atoms with Crippen molar-refractivity contribution in [2.45, 2.75) is 38.9 Å². The maximum atomic E-state index is 6.16. The lowest BCUT2D eigenvalue weighted by atomic mass is 10.0. The summed E-state index contributed by atoms with van der Waals surface area (Å²) < 4.78 is 7.44. The van der Waals surface area contributed by atoms with E-state index in [1.165, 1.54) is 27.6 Å². The Hall–Kier alpha value is -1.36. The second-order valence-corrected chi connectivity index (χ2v) is 6.48. The topological polar surface area (TPSA) is 43.4 Å². The van der Waals surface area contributed by atoms with Crippen molar-refractivity contribution < 1.29 is 4.74 Å². The van der Waals surface area contributed by atoms with Gasteiger partial charge in [0, 0.05) is 56.9 Å². The lowest BCUT2D eigenvalue weighted by Crippen LogP contribution is -2.21. The third kappa shape index (κ3) is 2.91. The summed E-state index contributed by atoms with van der Waals surface area (Å²) in [6.07, 6.45) is 4.23. The molecular weight excluding hydrogens is 274 g/mol. The summed E-state index contributed by atoms with van der Waals surface area (Å²) in [5.74, 6) is 0. The number of fused-ring (bicyclic) bond motifs is 2. The smallest absolute Gasteiger partial charge is 0.0589 e. The molecule has 22 heavy (non-hydrogen) atoms. The summed E-state index contributed by atoms with van der Waals surface area (Å²) in [6.45, 7) is 6.01. The Morgan fingerprint density at radius 2 is 2.00 bits per heavy atom. The second-order valence-electron chi connectivity index (χ2n) is 6.48. The summed E-state index contributed by atoms with van der Waals surface area (Å²) in [5.41, 5.74) is 11.8. The summed E-state index contributed by atoms with van der Waals surface area (Å²) in [5, 5.41) is 1.37. The molecule has 3 rings (SSSR count). The van der Waals surface area contributed by atoms with Gasteiger partial charge in [0.25, 0.3) is 0 Å². The quantitative estimate of drug-likeness (QED) is 0.891.